The lowest BCUT2D eigenvalue weighted by atomic mass is 10.3. The first-order valence-corrected chi connectivity index (χ1v) is 6.31. The Labute approximate surface area is 108 Å². The maximum atomic E-state index is 5.55. The van der Waals surface area contributed by atoms with Crippen LogP contribution in [0.3, 0.4) is 0 Å². The molecule has 0 radical (unpaired) electrons. The van der Waals surface area contributed by atoms with Crippen molar-refractivity contribution in [1.29, 1.82) is 0 Å². The summed E-state index contributed by atoms with van der Waals surface area (Å²) in [4.78, 5) is 0. The predicted molar refractivity (Wildman–Crippen MR) is 66.6 cm³/mol. The third kappa shape index (κ3) is 4.49. The van der Waals surface area contributed by atoms with Gasteiger partial charge in [0, 0.05) is 4.47 Å². The van der Waals surface area contributed by atoms with Gasteiger partial charge in [-0.1, -0.05) is 15.9 Å². The largest absolute Gasteiger partial charge is 0.488 e. The molecule has 0 amide bonds. The third-order valence-corrected chi connectivity index (χ3v) is 2.38. The lowest BCUT2D eigenvalue weighted by molar-refractivity contribution is 0.290. The first-order valence-electron chi connectivity index (χ1n) is 4.45. The van der Waals surface area contributed by atoms with Crippen LogP contribution in [0.25, 0.3) is 0 Å². The molecule has 15 heavy (non-hydrogen) atoms. The highest BCUT2D eigenvalue weighted by molar-refractivity contribution is 9.10. The van der Waals surface area contributed by atoms with E-state index in [4.69, 9.17) is 32.7 Å². The Hall–Kier alpha value is -0.120. The Kier molecular flexibility index (Phi) is 6.22. The summed E-state index contributed by atoms with van der Waals surface area (Å²) in [6, 6.07) is 5.56. The number of ether oxygens (including phenoxy) is 2. The minimum atomic E-state index is 0.446. The Balaban J connectivity index is 2.73. The molecule has 0 heterocycles. The Morgan fingerprint density at radius 3 is 2.20 bits per heavy atom. The van der Waals surface area contributed by atoms with Gasteiger partial charge in [0.1, 0.15) is 13.2 Å². The van der Waals surface area contributed by atoms with Crippen LogP contribution in [0.1, 0.15) is 0 Å². The monoisotopic (exact) mass is 312 g/mol. The van der Waals surface area contributed by atoms with Gasteiger partial charge < -0.3 is 9.47 Å². The van der Waals surface area contributed by atoms with Crippen LogP contribution in [-0.4, -0.2) is 25.0 Å². The highest BCUT2D eigenvalue weighted by Gasteiger charge is 2.05. The van der Waals surface area contributed by atoms with Crippen molar-refractivity contribution in [2.75, 3.05) is 25.0 Å². The lowest BCUT2D eigenvalue weighted by Gasteiger charge is -2.11. The Bertz CT molecular complexity index is 307. The van der Waals surface area contributed by atoms with Crippen LogP contribution in [0.15, 0.2) is 22.7 Å². The zero-order valence-electron chi connectivity index (χ0n) is 8.01. The van der Waals surface area contributed by atoms with Gasteiger partial charge in [0.2, 0.25) is 0 Å². The van der Waals surface area contributed by atoms with E-state index in [-0.39, 0.29) is 0 Å². The van der Waals surface area contributed by atoms with E-state index in [1.807, 2.05) is 18.2 Å². The quantitative estimate of drug-likeness (QED) is 0.746. The molecule has 1 aromatic carbocycles. The highest BCUT2D eigenvalue weighted by Crippen LogP contribution is 2.30. The molecule has 0 aliphatic carbocycles. The van der Waals surface area contributed by atoms with Gasteiger partial charge in [-0.3, -0.25) is 0 Å². The van der Waals surface area contributed by atoms with Crippen LogP contribution in [0, 0.1) is 0 Å². The molecule has 0 bridgehead atoms. The van der Waals surface area contributed by atoms with E-state index in [9.17, 15) is 0 Å². The zero-order valence-corrected chi connectivity index (χ0v) is 11.1. The lowest BCUT2D eigenvalue weighted by Crippen LogP contribution is -2.03. The van der Waals surface area contributed by atoms with E-state index >= 15 is 0 Å². The Morgan fingerprint density at radius 2 is 1.60 bits per heavy atom. The van der Waals surface area contributed by atoms with Crippen molar-refractivity contribution in [1.82, 2.24) is 0 Å². The fraction of sp³-hybridized carbons (Fsp3) is 0.400. The van der Waals surface area contributed by atoms with Crippen molar-refractivity contribution >= 4 is 39.1 Å². The van der Waals surface area contributed by atoms with Crippen LogP contribution in [0.5, 0.6) is 11.5 Å². The normalized spacial score (nSPS) is 10.1. The first kappa shape index (κ1) is 12.9. The van der Waals surface area contributed by atoms with Gasteiger partial charge >= 0.3 is 0 Å². The summed E-state index contributed by atoms with van der Waals surface area (Å²) in [5, 5.41) is 0. The van der Waals surface area contributed by atoms with Crippen LogP contribution in [0.2, 0.25) is 0 Å². The van der Waals surface area contributed by atoms with Crippen LogP contribution >= 0.6 is 39.1 Å². The number of benzene rings is 1. The number of hydrogen-bond donors (Lipinski definition) is 0. The predicted octanol–water partition coefficient (Wildman–Crippen LogP) is 3.68. The fourth-order valence-corrected chi connectivity index (χ4v) is 1.51. The molecule has 0 saturated carbocycles. The van der Waals surface area contributed by atoms with Crippen molar-refractivity contribution in [2.24, 2.45) is 0 Å². The molecule has 5 heteroatoms. The average molecular weight is 314 g/mol. The number of halogens is 3. The van der Waals surface area contributed by atoms with E-state index < -0.39 is 0 Å². The summed E-state index contributed by atoms with van der Waals surface area (Å²) in [6.07, 6.45) is 0. The van der Waals surface area contributed by atoms with Gasteiger partial charge in [-0.25, -0.2) is 0 Å². The van der Waals surface area contributed by atoms with Crippen molar-refractivity contribution in [3.05, 3.63) is 22.7 Å². The smallest absolute Gasteiger partial charge is 0.162 e. The van der Waals surface area contributed by atoms with Gasteiger partial charge in [-0.05, 0) is 18.2 Å². The molecule has 0 atom stereocenters. The molecule has 0 spiro atoms. The second-order valence-corrected chi connectivity index (χ2v) is 4.34. The summed E-state index contributed by atoms with van der Waals surface area (Å²) < 4.78 is 11.8. The summed E-state index contributed by atoms with van der Waals surface area (Å²) >= 11 is 14.5. The van der Waals surface area contributed by atoms with E-state index in [0.717, 1.165) is 4.47 Å². The molecule has 0 aliphatic heterocycles. The number of alkyl halides is 2. The van der Waals surface area contributed by atoms with Crippen LogP contribution < -0.4 is 9.47 Å². The molecule has 84 valence electrons. The van der Waals surface area contributed by atoms with Crippen molar-refractivity contribution in [2.45, 2.75) is 0 Å². The third-order valence-electron chi connectivity index (χ3n) is 1.58. The summed E-state index contributed by atoms with van der Waals surface area (Å²) in [5.41, 5.74) is 0. The van der Waals surface area contributed by atoms with E-state index in [1.165, 1.54) is 0 Å². The molecule has 0 aliphatic rings. The molecule has 0 fully saturated rings. The van der Waals surface area contributed by atoms with Crippen molar-refractivity contribution in [3.63, 3.8) is 0 Å². The molecule has 0 aromatic heterocycles. The molecule has 0 unspecified atom stereocenters. The molecule has 1 aromatic rings. The van der Waals surface area contributed by atoms with E-state index in [1.54, 1.807) is 0 Å². The maximum Gasteiger partial charge on any atom is 0.162 e. The molecule has 0 N–H and O–H groups in total. The second kappa shape index (κ2) is 7.20. The molecule has 0 saturated heterocycles. The van der Waals surface area contributed by atoms with Crippen molar-refractivity contribution < 1.29 is 9.47 Å². The zero-order chi connectivity index (χ0) is 11.1. The molecule has 1 rings (SSSR count). The molecule has 2 nitrogen and oxygen atoms in total. The Morgan fingerprint density at radius 1 is 1.00 bits per heavy atom. The van der Waals surface area contributed by atoms with Gasteiger partial charge in [0.15, 0.2) is 11.5 Å². The topological polar surface area (TPSA) is 18.5 Å². The van der Waals surface area contributed by atoms with Gasteiger partial charge in [-0.15, -0.1) is 23.2 Å². The first-order chi connectivity index (χ1) is 7.27. The number of hydrogen-bond acceptors (Lipinski definition) is 2. The van der Waals surface area contributed by atoms with Gasteiger partial charge in [0.05, 0.1) is 11.8 Å². The summed E-state index contributed by atoms with van der Waals surface area (Å²) in [7, 11) is 0. The fourth-order valence-electron chi connectivity index (χ4n) is 1.01. The summed E-state index contributed by atoms with van der Waals surface area (Å²) in [6.45, 7) is 0.912. The highest BCUT2D eigenvalue weighted by atomic mass is 79.9. The standard InChI is InChI=1S/C10H11BrCl2O2/c11-8-1-2-9(14-5-3-12)10(7-8)15-6-4-13/h1-2,7H,3-6H2. The molecular formula is C10H11BrCl2O2. The maximum absolute atomic E-state index is 5.55. The molecular weight excluding hydrogens is 303 g/mol. The van der Waals surface area contributed by atoms with Crippen LogP contribution in [0.4, 0.5) is 0 Å². The van der Waals surface area contributed by atoms with Gasteiger partial charge in [-0.2, -0.15) is 0 Å². The second-order valence-electron chi connectivity index (χ2n) is 2.67. The minimum Gasteiger partial charge on any atom is -0.488 e. The van der Waals surface area contributed by atoms with E-state index in [0.29, 0.717) is 36.5 Å². The SMILES string of the molecule is ClCCOc1ccc(Br)cc1OCCCl. The van der Waals surface area contributed by atoms with Crippen LogP contribution in [-0.2, 0) is 0 Å². The summed E-state index contributed by atoms with van der Waals surface area (Å²) in [5.74, 6) is 2.26. The average Bonchev–Trinajstić information content (AvgIpc) is 2.25. The van der Waals surface area contributed by atoms with Gasteiger partial charge in [0.25, 0.3) is 0 Å². The van der Waals surface area contributed by atoms with Crippen molar-refractivity contribution in [3.8, 4) is 11.5 Å². The number of rotatable bonds is 6. The van der Waals surface area contributed by atoms with E-state index in [2.05, 4.69) is 15.9 Å². The minimum absolute atomic E-state index is 0.446.